The Morgan fingerprint density at radius 3 is 0.976 bits per heavy atom. The van der Waals surface area contributed by atoms with Gasteiger partial charge in [-0.2, -0.15) is 0 Å². The van der Waals surface area contributed by atoms with Crippen molar-refractivity contribution in [1.29, 1.82) is 0 Å². The molecule has 6 rings (SSSR count). The van der Waals surface area contributed by atoms with E-state index in [2.05, 4.69) is 23.2 Å². The Morgan fingerprint density at radius 1 is 0.357 bits per heavy atom. The molecule has 0 saturated heterocycles. The molecule has 0 unspecified atom stereocenters. The van der Waals surface area contributed by atoms with Crippen LogP contribution in [0.5, 0.6) is 0 Å². The first-order chi connectivity index (χ1) is 20.5. The first kappa shape index (κ1) is 27.3. The fourth-order valence-corrected chi connectivity index (χ4v) is 8.85. The molecular weight excluding hydrogens is 550 g/mol. The molecular formula is C38H26O2P2. The van der Waals surface area contributed by atoms with Gasteiger partial charge in [0.2, 0.25) is 14.3 Å². The maximum absolute atomic E-state index is 14.3. The van der Waals surface area contributed by atoms with E-state index < -0.39 is 14.3 Å². The van der Waals surface area contributed by atoms with Crippen LogP contribution in [0.4, 0.5) is 0 Å². The molecule has 0 spiro atoms. The van der Waals surface area contributed by atoms with E-state index in [4.69, 9.17) is 0 Å². The van der Waals surface area contributed by atoms with E-state index in [9.17, 15) is 9.13 Å². The maximum Gasteiger partial charge on any atom is 0.211 e. The Morgan fingerprint density at radius 2 is 0.667 bits per heavy atom. The third-order valence-corrected chi connectivity index (χ3v) is 12.0. The lowest BCUT2D eigenvalue weighted by atomic mass is 10.0. The van der Waals surface area contributed by atoms with Crippen LogP contribution in [-0.4, -0.2) is 0 Å². The molecule has 0 amide bonds. The molecule has 2 nitrogen and oxygen atoms in total. The highest BCUT2D eigenvalue weighted by atomic mass is 31.2. The molecule has 0 atom stereocenters. The van der Waals surface area contributed by atoms with Gasteiger partial charge in [0.05, 0.1) is 0 Å². The van der Waals surface area contributed by atoms with Crippen LogP contribution >= 0.6 is 14.3 Å². The van der Waals surface area contributed by atoms with Crippen LogP contribution in [0, 0.1) is 23.2 Å². The van der Waals surface area contributed by atoms with Crippen LogP contribution < -0.4 is 21.2 Å². The molecule has 42 heavy (non-hydrogen) atoms. The zero-order valence-electron chi connectivity index (χ0n) is 22.7. The summed E-state index contributed by atoms with van der Waals surface area (Å²) in [6.07, 6.45) is 0. The van der Waals surface area contributed by atoms with E-state index in [0.717, 1.165) is 21.9 Å². The summed E-state index contributed by atoms with van der Waals surface area (Å²) in [5.41, 5.74) is 7.82. The molecule has 0 aliphatic rings. The largest absolute Gasteiger partial charge is 0.300 e. The topological polar surface area (TPSA) is 34.1 Å². The molecule has 6 aromatic carbocycles. The Labute approximate surface area is 246 Å². The third-order valence-electron chi connectivity index (χ3n) is 7.03. The summed E-state index contributed by atoms with van der Waals surface area (Å²) in [5, 5.41) is 4.84. The predicted molar refractivity (Wildman–Crippen MR) is 177 cm³/mol. The number of hydrogen-bond acceptors (Lipinski definition) is 2. The molecule has 0 aliphatic heterocycles. The second kappa shape index (κ2) is 12.0. The molecule has 0 bridgehead atoms. The minimum atomic E-state index is -3.16. The summed E-state index contributed by atoms with van der Waals surface area (Å²) in [4.78, 5) is 0. The van der Waals surface area contributed by atoms with Gasteiger partial charge in [0.1, 0.15) is 0 Å². The van der Waals surface area contributed by atoms with Crippen molar-refractivity contribution in [3.05, 3.63) is 169 Å². The van der Waals surface area contributed by atoms with Gasteiger partial charge in [0.25, 0.3) is 0 Å². The number of fused-ring (bicyclic) bond motifs is 1. The van der Waals surface area contributed by atoms with Crippen LogP contribution in [0.2, 0.25) is 0 Å². The highest BCUT2D eigenvalue weighted by molar-refractivity contribution is 7.83. The van der Waals surface area contributed by atoms with Gasteiger partial charge in [-0.15, -0.1) is 0 Å². The highest BCUT2D eigenvalue weighted by Gasteiger charge is 2.25. The molecule has 0 N–H and O–H groups in total. The molecule has 0 aliphatic carbocycles. The maximum atomic E-state index is 14.3. The number of hydrogen-bond donors (Lipinski definition) is 0. The second-order valence-corrected chi connectivity index (χ2v) is 14.8. The fourth-order valence-electron chi connectivity index (χ4n) is 4.80. The summed E-state index contributed by atoms with van der Waals surface area (Å²) in [6, 6.07) is 49.6. The molecule has 6 aromatic rings. The van der Waals surface area contributed by atoms with E-state index in [0.29, 0.717) is 21.2 Å². The summed E-state index contributed by atoms with van der Waals surface area (Å²) >= 11 is 0. The Bertz CT molecular complexity index is 1850. The van der Waals surface area contributed by atoms with Gasteiger partial charge in [-0.3, -0.25) is 9.13 Å². The van der Waals surface area contributed by atoms with Crippen LogP contribution in [0.25, 0.3) is 10.8 Å². The monoisotopic (exact) mass is 576 g/mol. The summed E-state index contributed by atoms with van der Waals surface area (Å²) in [5.74, 6) is 6.40. The van der Waals surface area contributed by atoms with Crippen molar-refractivity contribution < 1.29 is 9.13 Å². The van der Waals surface area contributed by atoms with Gasteiger partial charge in [-0.05, 0) is 46.4 Å². The van der Waals surface area contributed by atoms with Crippen molar-refractivity contribution in [2.75, 3.05) is 0 Å². The zero-order valence-corrected chi connectivity index (χ0v) is 24.5. The van der Waals surface area contributed by atoms with Crippen molar-refractivity contribution in [2.45, 2.75) is 0 Å². The van der Waals surface area contributed by atoms with E-state index in [1.54, 1.807) is 0 Å². The van der Waals surface area contributed by atoms with Crippen LogP contribution in [0.1, 0.15) is 11.1 Å². The average molecular weight is 577 g/mol. The van der Waals surface area contributed by atoms with Crippen LogP contribution in [0.15, 0.2) is 158 Å². The van der Waals surface area contributed by atoms with Crippen molar-refractivity contribution in [3.63, 3.8) is 0 Å². The lowest BCUT2D eigenvalue weighted by Crippen LogP contribution is -2.14. The Kier molecular flexibility index (Phi) is 7.78. The molecule has 0 aromatic heterocycles. The zero-order chi connectivity index (χ0) is 28.8. The quantitative estimate of drug-likeness (QED) is 0.161. The van der Waals surface area contributed by atoms with Gasteiger partial charge in [-0.1, -0.05) is 145 Å². The minimum absolute atomic E-state index is 0.711. The first-order valence-electron chi connectivity index (χ1n) is 13.6. The van der Waals surface area contributed by atoms with Crippen LogP contribution in [-0.2, 0) is 9.13 Å². The molecule has 0 heterocycles. The lowest BCUT2D eigenvalue weighted by molar-refractivity contribution is 0.592. The van der Waals surface area contributed by atoms with Crippen molar-refractivity contribution >= 4 is 46.3 Å². The van der Waals surface area contributed by atoms with E-state index in [-0.39, 0.29) is 0 Å². The smallest absolute Gasteiger partial charge is 0.211 e. The third kappa shape index (κ3) is 5.66. The Balaban J connectivity index is 1.39. The summed E-state index contributed by atoms with van der Waals surface area (Å²) < 4.78 is 28.6. The Hall–Kier alpha value is -4.84. The van der Waals surface area contributed by atoms with Gasteiger partial charge in [0, 0.05) is 32.3 Å². The molecule has 4 heteroatoms. The SMILES string of the molecule is O=P(C#Cc1ccc2ccc(C#CP(=O)(c3ccccc3)c3ccccc3)cc2c1)(c1ccccc1)c1ccccc1. The standard InChI is InChI=1S/C38H26O2P2/c39-41(35-13-5-1-6-14-35,36-15-7-2-8-16-36)27-25-31-21-23-33-24-22-32(30-34(33)29-31)26-28-42(40,37-17-9-3-10-18-37)38-19-11-4-12-20-38/h1-24,29-30H. The number of rotatable bonds is 4. The first-order valence-corrected chi connectivity index (χ1v) is 17.0. The van der Waals surface area contributed by atoms with Gasteiger partial charge in [-0.25, -0.2) is 0 Å². The van der Waals surface area contributed by atoms with E-state index in [1.165, 1.54) is 0 Å². The predicted octanol–water partition coefficient (Wildman–Crippen LogP) is 7.49. The van der Waals surface area contributed by atoms with E-state index >= 15 is 0 Å². The normalized spacial score (nSPS) is 11.1. The number of benzene rings is 6. The molecule has 0 radical (unpaired) electrons. The van der Waals surface area contributed by atoms with Gasteiger partial charge < -0.3 is 0 Å². The van der Waals surface area contributed by atoms with Crippen molar-refractivity contribution in [1.82, 2.24) is 0 Å². The minimum Gasteiger partial charge on any atom is -0.300 e. The molecule has 0 saturated carbocycles. The summed E-state index contributed by atoms with van der Waals surface area (Å²) in [7, 11) is -6.32. The molecule has 200 valence electrons. The van der Waals surface area contributed by atoms with Crippen molar-refractivity contribution in [2.24, 2.45) is 0 Å². The average Bonchev–Trinajstić information content (AvgIpc) is 3.07. The van der Waals surface area contributed by atoms with E-state index in [1.807, 2.05) is 158 Å². The van der Waals surface area contributed by atoms with Gasteiger partial charge >= 0.3 is 0 Å². The second-order valence-electron chi connectivity index (χ2n) is 9.81. The summed E-state index contributed by atoms with van der Waals surface area (Å²) in [6.45, 7) is 0. The van der Waals surface area contributed by atoms with Crippen molar-refractivity contribution in [3.8, 4) is 23.2 Å². The van der Waals surface area contributed by atoms with Gasteiger partial charge in [0.15, 0.2) is 0 Å². The molecule has 0 fully saturated rings. The highest BCUT2D eigenvalue weighted by Crippen LogP contribution is 2.43. The fraction of sp³-hybridized carbons (Fsp3) is 0. The lowest BCUT2D eigenvalue weighted by Gasteiger charge is -2.12. The van der Waals surface area contributed by atoms with Crippen LogP contribution in [0.3, 0.4) is 0 Å².